The maximum atomic E-state index is 14.1. The van der Waals surface area contributed by atoms with Gasteiger partial charge < -0.3 is 14.6 Å². The van der Waals surface area contributed by atoms with Gasteiger partial charge >= 0.3 is 5.97 Å². The molecule has 6 rings (SSSR count). The van der Waals surface area contributed by atoms with Crippen LogP contribution in [0.3, 0.4) is 0 Å². The van der Waals surface area contributed by atoms with Crippen LogP contribution in [0.2, 0.25) is 0 Å². The van der Waals surface area contributed by atoms with Crippen LogP contribution in [0.15, 0.2) is 59.4 Å². The van der Waals surface area contributed by atoms with Gasteiger partial charge in [0.2, 0.25) is 0 Å². The summed E-state index contributed by atoms with van der Waals surface area (Å²) in [6.45, 7) is 0. The number of hydrogen-bond acceptors (Lipinski definition) is 6. The quantitative estimate of drug-likeness (QED) is 0.393. The second kappa shape index (κ2) is 12.8. The fraction of sp³-hybridized carbons (Fsp3) is 0.529. The molecule has 1 N–H and O–H groups in total. The van der Waals surface area contributed by atoms with E-state index in [4.69, 9.17) is 4.74 Å². The number of benzene rings is 2. The Morgan fingerprint density at radius 1 is 0.857 bits per heavy atom. The molecule has 2 saturated heterocycles. The van der Waals surface area contributed by atoms with E-state index in [1.165, 1.54) is 64.9 Å². The van der Waals surface area contributed by atoms with Gasteiger partial charge in [0.25, 0.3) is 11.5 Å². The summed E-state index contributed by atoms with van der Waals surface area (Å²) in [7, 11) is 1.30. The fourth-order valence-corrected chi connectivity index (χ4v) is 7.80. The van der Waals surface area contributed by atoms with Crippen molar-refractivity contribution in [3.05, 3.63) is 76.2 Å². The zero-order chi connectivity index (χ0) is 29.1. The summed E-state index contributed by atoms with van der Waals surface area (Å²) in [5.74, 6) is -1.22. The second-order valence-electron chi connectivity index (χ2n) is 12.3. The molecule has 2 bridgehead atoms. The average Bonchev–Trinajstić information content (AvgIpc) is 3.24. The van der Waals surface area contributed by atoms with E-state index in [1.54, 1.807) is 0 Å². The lowest BCUT2D eigenvalue weighted by Crippen LogP contribution is -2.51. The van der Waals surface area contributed by atoms with Gasteiger partial charge in [0.1, 0.15) is 6.04 Å². The molecule has 2 aliphatic heterocycles. The van der Waals surface area contributed by atoms with Crippen molar-refractivity contribution in [1.29, 1.82) is 0 Å². The molecule has 3 heterocycles. The van der Waals surface area contributed by atoms with Crippen molar-refractivity contribution in [2.24, 2.45) is 0 Å². The number of carbonyl (C=O) groups excluding carboxylic acids is 2. The van der Waals surface area contributed by atoms with Crippen molar-refractivity contribution in [3.8, 4) is 0 Å². The molecule has 4 atom stereocenters. The zero-order valence-corrected chi connectivity index (χ0v) is 24.5. The van der Waals surface area contributed by atoms with Gasteiger partial charge in [0, 0.05) is 30.6 Å². The molecule has 3 fully saturated rings. The van der Waals surface area contributed by atoms with Crippen LogP contribution < -0.4 is 10.9 Å². The van der Waals surface area contributed by atoms with Crippen molar-refractivity contribution in [1.82, 2.24) is 19.8 Å². The summed E-state index contributed by atoms with van der Waals surface area (Å²) in [5.41, 5.74) is 1.68. The van der Waals surface area contributed by atoms with Crippen LogP contribution in [-0.2, 0) is 16.0 Å². The number of piperidine rings is 1. The zero-order valence-electron chi connectivity index (χ0n) is 24.5. The molecule has 42 heavy (non-hydrogen) atoms. The number of ether oxygens (including phenoxy) is 1. The Morgan fingerprint density at radius 3 is 2.19 bits per heavy atom. The molecular weight excluding hydrogens is 528 g/mol. The normalized spacial score (nSPS) is 24.1. The highest BCUT2D eigenvalue weighted by Crippen LogP contribution is 2.44. The SMILES string of the molecule is COC(=O)C(Cc1ccccc1)NC(=O)c1nc2ccccc2n(C2C[C@H]3CC[C@@H](C2)N3C2CCCCCCC2)c1=O. The van der Waals surface area contributed by atoms with Crippen molar-refractivity contribution in [2.75, 3.05) is 7.11 Å². The van der Waals surface area contributed by atoms with Crippen molar-refractivity contribution in [3.63, 3.8) is 0 Å². The average molecular weight is 571 g/mol. The van der Waals surface area contributed by atoms with Gasteiger partial charge in [-0.2, -0.15) is 0 Å². The number of carbonyl (C=O) groups is 2. The largest absolute Gasteiger partial charge is 0.467 e. The molecule has 1 aromatic heterocycles. The number of para-hydroxylation sites is 2. The lowest BCUT2D eigenvalue weighted by Gasteiger charge is -2.45. The molecule has 1 amide bonds. The lowest BCUT2D eigenvalue weighted by atomic mass is 9.89. The standard InChI is InChI=1S/C34H42N4O4/c1-42-34(41)29(20-23-12-6-5-7-13-23)36-32(39)31-33(40)38(30-17-11-10-16-28(30)35-31)27-21-25-18-19-26(22-27)37(25)24-14-8-3-2-4-9-15-24/h5-7,10-13,16-17,24-27,29H,2-4,8-9,14-15,18-22H2,1H3,(H,36,39)/t25-,26+,27?,29?. The number of methoxy groups -OCH3 is 1. The first-order valence-electron chi connectivity index (χ1n) is 15.7. The van der Waals surface area contributed by atoms with E-state index < -0.39 is 23.5 Å². The highest BCUT2D eigenvalue weighted by Gasteiger charge is 2.44. The minimum atomic E-state index is -0.936. The maximum Gasteiger partial charge on any atom is 0.328 e. The number of nitrogens with one attached hydrogen (secondary N) is 1. The summed E-state index contributed by atoms with van der Waals surface area (Å²) in [6, 6.07) is 17.6. The van der Waals surface area contributed by atoms with E-state index in [9.17, 15) is 14.4 Å². The molecule has 0 radical (unpaired) electrons. The highest BCUT2D eigenvalue weighted by atomic mass is 16.5. The number of hydrogen-bond donors (Lipinski definition) is 1. The summed E-state index contributed by atoms with van der Waals surface area (Å²) in [5, 5.41) is 2.76. The van der Waals surface area contributed by atoms with Gasteiger partial charge in [-0.15, -0.1) is 0 Å². The van der Waals surface area contributed by atoms with Crippen LogP contribution in [0, 0.1) is 0 Å². The number of fused-ring (bicyclic) bond motifs is 3. The number of rotatable bonds is 7. The van der Waals surface area contributed by atoms with Crippen molar-refractivity contribution >= 4 is 22.9 Å². The molecule has 3 aromatic rings. The minimum absolute atomic E-state index is 0.0000198. The van der Waals surface area contributed by atoms with Crippen molar-refractivity contribution < 1.29 is 14.3 Å². The van der Waals surface area contributed by atoms with Gasteiger partial charge in [-0.25, -0.2) is 9.78 Å². The van der Waals surface area contributed by atoms with E-state index in [-0.39, 0.29) is 18.2 Å². The number of aromatic nitrogens is 2. The number of nitrogens with zero attached hydrogens (tertiary/aromatic N) is 3. The molecule has 1 aliphatic carbocycles. The Hall–Kier alpha value is -3.52. The molecule has 8 nitrogen and oxygen atoms in total. The van der Waals surface area contributed by atoms with E-state index >= 15 is 0 Å². The summed E-state index contributed by atoms with van der Waals surface area (Å²) >= 11 is 0. The summed E-state index contributed by atoms with van der Waals surface area (Å²) in [6.07, 6.45) is 13.6. The van der Waals surface area contributed by atoms with Gasteiger partial charge in [-0.3, -0.25) is 14.5 Å². The minimum Gasteiger partial charge on any atom is -0.467 e. The third-order valence-corrected chi connectivity index (χ3v) is 9.71. The van der Waals surface area contributed by atoms with Crippen molar-refractivity contribution in [2.45, 2.75) is 107 Å². The molecule has 0 spiro atoms. The van der Waals surface area contributed by atoms with E-state index in [0.29, 0.717) is 23.6 Å². The molecule has 2 aromatic carbocycles. The van der Waals surface area contributed by atoms with Gasteiger partial charge in [-0.05, 0) is 56.2 Å². The smallest absolute Gasteiger partial charge is 0.328 e. The Labute approximate surface area is 247 Å². The van der Waals surface area contributed by atoms with Crippen LogP contribution >= 0.6 is 0 Å². The van der Waals surface area contributed by atoms with Gasteiger partial charge in [-0.1, -0.05) is 74.6 Å². The Balaban J connectivity index is 1.29. The monoisotopic (exact) mass is 570 g/mol. The summed E-state index contributed by atoms with van der Waals surface area (Å²) < 4.78 is 6.82. The molecule has 222 valence electrons. The Kier molecular flexibility index (Phi) is 8.70. The number of esters is 1. The predicted octanol–water partition coefficient (Wildman–Crippen LogP) is 5.19. The van der Waals surface area contributed by atoms with E-state index in [2.05, 4.69) is 15.2 Å². The third kappa shape index (κ3) is 5.87. The fourth-order valence-electron chi connectivity index (χ4n) is 7.80. The Bertz CT molecular complexity index is 1450. The first kappa shape index (κ1) is 28.6. The third-order valence-electron chi connectivity index (χ3n) is 9.71. The van der Waals surface area contributed by atoms with Crippen LogP contribution in [0.4, 0.5) is 0 Å². The lowest BCUT2D eigenvalue weighted by molar-refractivity contribution is -0.142. The predicted molar refractivity (Wildman–Crippen MR) is 162 cm³/mol. The van der Waals surface area contributed by atoms with Crippen LogP contribution in [0.5, 0.6) is 0 Å². The molecular formula is C34H42N4O4. The topological polar surface area (TPSA) is 93.5 Å². The van der Waals surface area contributed by atoms with Crippen LogP contribution in [-0.4, -0.2) is 57.6 Å². The van der Waals surface area contributed by atoms with Gasteiger partial charge in [0.15, 0.2) is 5.69 Å². The summed E-state index contributed by atoms with van der Waals surface area (Å²) in [4.78, 5) is 47.7. The van der Waals surface area contributed by atoms with E-state index in [1.807, 2.05) is 59.2 Å². The number of amides is 1. The molecule has 1 saturated carbocycles. The first-order valence-corrected chi connectivity index (χ1v) is 15.7. The Morgan fingerprint density at radius 2 is 1.50 bits per heavy atom. The molecule has 8 heteroatoms. The highest BCUT2D eigenvalue weighted by molar-refractivity contribution is 5.96. The van der Waals surface area contributed by atoms with E-state index in [0.717, 1.165) is 23.9 Å². The first-order chi connectivity index (χ1) is 20.5. The molecule has 3 aliphatic rings. The molecule has 2 unspecified atom stereocenters. The maximum absolute atomic E-state index is 14.1. The van der Waals surface area contributed by atoms with Crippen LogP contribution in [0.1, 0.15) is 92.7 Å². The second-order valence-corrected chi connectivity index (χ2v) is 12.3. The van der Waals surface area contributed by atoms with Gasteiger partial charge in [0.05, 0.1) is 18.1 Å². The van der Waals surface area contributed by atoms with Crippen LogP contribution in [0.25, 0.3) is 11.0 Å².